The van der Waals surface area contributed by atoms with Gasteiger partial charge in [0.15, 0.2) is 0 Å². The minimum absolute atomic E-state index is 0.0347. The van der Waals surface area contributed by atoms with Crippen molar-refractivity contribution in [2.75, 3.05) is 32.1 Å². The van der Waals surface area contributed by atoms with Crippen LogP contribution in [-0.2, 0) is 37.2 Å². The second kappa shape index (κ2) is 9.36. The predicted octanol–water partition coefficient (Wildman–Crippen LogP) is 2.02. The van der Waals surface area contributed by atoms with Gasteiger partial charge in [-0.15, -0.1) is 0 Å². The Bertz CT molecular complexity index is 835. The van der Waals surface area contributed by atoms with Crippen LogP contribution in [0, 0.1) is 11.8 Å². The van der Waals surface area contributed by atoms with Crippen LogP contribution in [-0.4, -0.2) is 67.0 Å². The lowest BCUT2D eigenvalue weighted by Crippen LogP contribution is -2.37. The highest BCUT2D eigenvalue weighted by atomic mass is 32.2. The van der Waals surface area contributed by atoms with Gasteiger partial charge in [0.05, 0.1) is 42.8 Å². The zero-order valence-electron chi connectivity index (χ0n) is 17.8. The number of piperidine rings is 1. The Labute approximate surface area is 178 Å². The van der Waals surface area contributed by atoms with Gasteiger partial charge in [-0.25, -0.2) is 13.4 Å². The summed E-state index contributed by atoms with van der Waals surface area (Å²) in [5, 5.41) is 0.196. The van der Waals surface area contributed by atoms with Gasteiger partial charge in [-0.2, -0.15) is 0 Å². The van der Waals surface area contributed by atoms with Crippen molar-refractivity contribution in [3.63, 3.8) is 0 Å². The molecule has 1 atom stereocenters. The highest BCUT2D eigenvalue weighted by molar-refractivity contribution is 7.91. The summed E-state index contributed by atoms with van der Waals surface area (Å²) < 4.78 is 38.8. The lowest BCUT2D eigenvalue weighted by molar-refractivity contribution is -0.149. The molecule has 2 saturated heterocycles. The molecular formula is C21H33N3O5S. The molecule has 2 aliphatic heterocycles. The van der Waals surface area contributed by atoms with Crippen molar-refractivity contribution in [1.82, 2.24) is 14.5 Å². The molecule has 9 heteroatoms. The van der Waals surface area contributed by atoms with Crippen LogP contribution in [0.3, 0.4) is 0 Å². The molecule has 0 N–H and O–H groups in total. The maximum Gasteiger partial charge on any atom is 0.309 e. The van der Waals surface area contributed by atoms with Crippen molar-refractivity contribution in [3.8, 4) is 0 Å². The van der Waals surface area contributed by atoms with E-state index in [1.54, 1.807) is 6.20 Å². The van der Waals surface area contributed by atoms with Gasteiger partial charge in [0.2, 0.25) is 15.0 Å². The van der Waals surface area contributed by atoms with Gasteiger partial charge in [-0.3, -0.25) is 9.69 Å². The first-order chi connectivity index (χ1) is 14.5. The number of rotatable bonds is 9. The Morgan fingerprint density at radius 2 is 2.00 bits per heavy atom. The maximum absolute atomic E-state index is 13.0. The zero-order chi connectivity index (χ0) is 21.1. The van der Waals surface area contributed by atoms with E-state index in [0.717, 1.165) is 63.9 Å². The van der Waals surface area contributed by atoms with E-state index in [1.807, 2.05) is 11.5 Å². The van der Waals surface area contributed by atoms with Crippen molar-refractivity contribution >= 4 is 15.8 Å². The molecule has 0 bridgehead atoms. The monoisotopic (exact) mass is 439 g/mol. The number of sulfone groups is 1. The van der Waals surface area contributed by atoms with Gasteiger partial charge < -0.3 is 14.0 Å². The van der Waals surface area contributed by atoms with Gasteiger partial charge in [0.1, 0.15) is 0 Å². The molecule has 8 nitrogen and oxygen atoms in total. The Morgan fingerprint density at radius 1 is 1.23 bits per heavy atom. The van der Waals surface area contributed by atoms with Crippen molar-refractivity contribution in [2.45, 2.75) is 69.8 Å². The average molecular weight is 440 g/mol. The van der Waals surface area contributed by atoms with Crippen LogP contribution in [0.4, 0.5) is 0 Å². The number of imidazole rings is 1. The first-order valence-corrected chi connectivity index (χ1v) is 12.9. The molecule has 0 radical (unpaired) electrons. The number of aromatic nitrogens is 2. The molecule has 0 spiro atoms. The second-order valence-electron chi connectivity index (χ2n) is 8.81. The number of ether oxygens (including phenoxy) is 2. The predicted molar refractivity (Wildman–Crippen MR) is 111 cm³/mol. The third-order valence-corrected chi connectivity index (χ3v) is 8.13. The van der Waals surface area contributed by atoms with Crippen LogP contribution in [0.15, 0.2) is 11.4 Å². The molecule has 30 heavy (non-hydrogen) atoms. The van der Waals surface area contributed by atoms with E-state index in [2.05, 4.69) is 9.88 Å². The van der Waals surface area contributed by atoms with Crippen molar-refractivity contribution in [2.24, 2.45) is 11.8 Å². The van der Waals surface area contributed by atoms with E-state index in [1.165, 1.54) is 0 Å². The molecule has 0 amide bonds. The first kappa shape index (κ1) is 21.8. The lowest BCUT2D eigenvalue weighted by atomic mass is 9.97. The number of carbonyl (C=O) groups excluding carboxylic acids is 1. The average Bonchev–Trinajstić information content (AvgIpc) is 3.20. The minimum Gasteiger partial charge on any atom is -0.466 e. The van der Waals surface area contributed by atoms with E-state index < -0.39 is 9.84 Å². The summed E-state index contributed by atoms with van der Waals surface area (Å²) >= 11 is 0. The van der Waals surface area contributed by atoms with E-state index in [9.17, 15) is 13.2 Å². The van der Waals surface area contributed by atoms with E-state index in [4.69, 9.17) is 9.47 Å². The molecule has 1 saturated carbocycles. The van der Waals surface area contributed by atoms with Crippen LogP contribution >= 0.6 is 0 Å². The lowest BCUT2D eigenvalue weighted by Gasteiger charge is -2.31. The van der Waals surface area contributed by atoms with E-state index >= 15 is 0 Å². The molecular weight excluding hydrogens is 406 g/mol. The number of carbonyl (C=O) groups is 1. The smallest absolute Gasteiger partial charge is 0.309 e. The van der Waals surface area contributed by atoms with Crippen LogP contribution in [0.5, 0.6) is 0 Å². The summed E-state index contributed by atoms with van der Waals surface area (Å²) in [5.41, 5.74) is 0.912. The molecule has 4 rings (SSSR count). The Balaban J connectivity index is 1.46. The molecule has 1 unspecified atom stereocenters. The number of likely N-dealkylation sites (tertiary alicyclic amines) is 1. The molecule has 3 aliphatic rings. The number of nitrogens with zero attached hydrogens (tertiary/aromatic N) is 3. The van der Waals surface area contributed by atoms with Gasteiger partial charge >= 0.3 is 5.97 Å². The van der Waals surface area contributed by atoms with Crippen LogP contribution in [0.1, 0.15) is 51.1 Å². The van der Waals surface area contributed by atoms with Gasteiger partial charge in [-0.1, -0.05) is 0 Å². The Kier molecular flexibility index (Phi) is 6.79. The normalized spacial score (nSPS) is 23.7. The fraction of sp³-hybridized carbons (Fsp3) is 0.810. The molecule has 168 valence electrons. The van der Waals surface area contributed by atoms with Crippen LogP contribution in [0.2, 0.25) is 0 Å². The zero-order valence-corrected chi connectivity index (χ0v) is 18.6. The highest BCUT2D eigenvalue weighted by Crippen LogP contribution is 2.32. The second-order valence-corrected chi connectivity index (χ2v) is 10.7. The summed E-state index contributed by atoms with van der Waals surface area (Å²) in [5.74, 6) is 0.342. The molecule has 3 fully saturated rings. The quantitative estimate of drug-likeness (QED) is 0.544. The third-order valence-electron chi connectivity index (χ3n) is 6.34. The van der Waals surface area contributed by atoms with Crippen molar-refractivity contribution < 1.29 is 22.7 Å². The molecule has 1 aliphatic carbocycles. The molecule has 1 aromatic rings. The van der Waals surface area contributed by atoms with E-state index in [-0.39, 0.29) is 34.8 Å². The first-order valence-electron chi connectivity index (χ1n) is 11.2. The standard InChI is InChI=1S/C21H33N3O5S/c1-2-28-20(25)17-7-9-23(10-8-17)13-18-12-22-21(30(26,27)15-16-5-6-16)24(18)14-19-4-3-11-29-19/h12,16-17,19H,2-11,13-15H2,1H3. The maximum atomic E-state index is 13.0. The van der Waals surface area contributed by atoms with Gasteiger partial charge in [-0.05, 0) is 64.5 Å². The fourth-order valence-electron chi connectivity index (χ4n) is 4.44. The Hall–Kier alpha value is -1.45. The van der Waals surface area contributed by atoms with Crippen molar-refractivity contribution in [3.05, 3.63) is 11.9 Å². The summed E-state index contributed by atoms with van der Waals surface area (Å²) in [6.45, 7) is 5.73. The summed E-state index contributed by atoms with van der Waals surface area (Å²) in [6.07, 6.45) is 7.25. The number of esters is 1. The van der Waals surface area contributed by atoms with Gasteiger partial charge in [0, 0.05) is 13.2 Å². The van der Waals surface area contributed by atoms with Crippen LogP contribution < -0.4 is 0 Å². The number of hydrogen-bond acceptors (Lipinski definition) is 7. The van der Waals surface area contributed by atoms with E-state index in [0.29, 0.717) is 19.7 Å². The van der Waals surface area contributed by atoms with Crippen LogP contribution in [0.25, 0.3) is 0 Å². The molecule has 0 aromatic carbocycles. The molecule has 1 aromatic heterocycles. The summed E-state index contributed by atoms with van der Waals surface area (Å²) in [7, 11) is -3.40. The largest absolute Gasteiger partial charge is 0.466 e. The topological polar surface area (TPSA) is 90.7 Å². The highest BCUT2D eigenvalue weighted by Gasteiger charge is 2.34. The fourth-order valence-corrected chi connectivity index (χ4v) is 6.28. The van der Waals surface area contributed by atoms with Crippen molar-refractivity contribution in [1.29, 1.82) is 0 Å². The number of hydrogen-bond donors (Lipinski definition) is 0. The summed E-state index contributed by atoms with van der Waals surface area (Å²) in [4.78, 5) is 18.6. The summed E-state index contributed by atoms with van der Waals surface area (Å²) in [6, 6.07) is 0. The molecule has 3 heterocycles. The SMILES string of the molecule is CCOC(=O)C1CCN(Cc2cnc(S(=O)(=O)CC3CC3)n2CC2CCCO2)CC1. The minimum atomic E-state index is -3.40. The Morgan fingerprint density at radius 3 is 2.63 bits per heavy atom. The van der Waals surface area contributed by atoms with Gasteiger partial charge in [0.25, 0.3) is 0 Å². The third kappa shape index (κ3) is 5.23.